The maximum atomic E-state index is 11.5. The number of aliphatic hydroxyl groups excluding tert-OH is 1. The van der Waals surface area contributed by atoms with Crippen LogP contribution >= 0.6 is 0 Å². The third-order valence-corrected chi connectivity index (χ3v) is 1.77. The maximum Gasteiger partial charge on any atom is 0.280 e. The van der Waals surface area contributed by atoms with Gasteiger partial charge in [0.2, 0.25) is 0 Å². The molecule has 1 aromatic heterocycles. The second-order valence-electron chi connectivity index (χ2n) is 2.80. The van der Waals surface area contributed by atoms with Crippen molar-refractivity contribution in [2.24, 2.45) is 0 Å². The van der Waals surface area contributed by atoms with Crippen molar-refractivity contribution in [2.75, 3.05) is 13.2 Å². The van der Waals surface area contributed by atoms with Gasteiger partial charge in [-0.25, -0.2) is 5.06 Å². The van der Waals surface area contributed by atoms with E-state index in [1.807, 2.05) is 0 Å². The minimum Gasteiger partial charge on any atom is -0.389 e. The van der Waals surface area contributed by atoms with Crippen molar-refractivity contribution < 1.29 is 14.7 Å². The van der Waals surface area contributed by atoms with Crippen molar-refractivity contribution in [1.82, 2.24) is 15.3 Å². The van der Waals surface area contributed by atoms with Crippen molar-refractivity contribution in [2.45, 2.75) is 6.10 Å². The molecule has 70 valence electrons. The Labute approximate surface area is 74.1 Å². The Hall–Kier alpha value is -1.40. The average molecular weight is 183 g/mol. The molecule has 1 atom stereocenters. The zero-order valence-electron chi connectivity index (χ0n) is 6.80. The summed E-state index contributed by atoms with van der Waals surface area (Å²) in [5.74, 6) is -0.287. The van der Waals surface area contributed by atoms with Gasteiger partial charge in [-0.05, 0) is 0 Å². The molecule has 1 fully saturated rings. The van der Waals surface area contributed by atoms with Crippen LogP contribution in [0.1, 0.15) is 10.4 Å². The number of amides is 1. The summed E-state index contributed by atoms with van der Waals surface area (Å²) >= 11 is 0. The predicted molar refractivity (Wildman–Crippen MR) is 41.6 cm³/mol. The molecular weight excluding hydrogens is 174 g/mol. The molecule has 1 aliphatic heterocycles. The molecular formula is C7H9N3O3. The average Bonchev–Trinajstić information content (AvgIpc) is 2.72. The number of hydrogen-bond acceptors (Lipinski definition) is 4. The molecule has 0 aromatic carbocycles. The van der Waals surface area contributed by atoms with Gasteiger partial charge in [-0.2, -0.15) is 5.10 Å². The minimum absolute atomic E-state index is 0.170. The number of carbonyl (C=O) groups is 1. The highest BCUT2D eigenvalue weighted by Crippen LogP contribution is 2.09. The van der Waals surface area contributed by atoms with E-state index in [0.29, 0.717) is 5.56 Å². The molecule has 0 unspecified atom stereocenters. The van der Waals surface area contributed by atoms with Crippen LogP contribution in [0, 0.1) is 0 Å². The first-order valence-electron chi connectivity index (χ1n) is 3.89. The summed E-state index contributed by atoms with van der Waals surface area (Å²) in [6.45, 7) is 0.383. The second-order valence-corrected chi connectivity index (χ2v) is 2.80. The molecule has 6 heteroatoms. The number of aliphatic hydroxyl groups is 1. The van der Waals surface area contributed by atoms with Gasteiger partial charge < -0.3 is 5.11 Å². The molecule has 2 heterocycles. The monoisotopic (exact) mass is 183 g/mol. The number of nitrogens with one attached hydrogen (secondary N) is 1. The standard InChI is InChI=1S/C7H9N3O3/c11-6-3-10(13-4-6)7(12)5-1-8-9-2-5/h1-2,6,11H,3-4H2,(H,8,9)/t6-/m1/s1. The summed E-state index contributed by atoms with van der Waals surface area (Å²) in [5.41, 5.74) is 0.425. The van der Waals surface area contributed by atoms with Gasteiger partial charge in [0.15, 0.2) is 0 Å². The number of rotatable bonds is 1. The SMILES string of the molecule is O=C(c1cn[nH]c1)N1C[C@@H](O)CO1. The van der Waals surface area contributed by atoms with Gasteiger partial charge in [-0.3, -0.25) is 14.7 Å². The first-order valence-corrected chi connectivity index (χ1v) is 3.89. The van der Waals surface area contributed by atoms with Crippen molar-refractivity contribution in [3.05, 3.63) is 18.0 Å². The Bertz CT molecular complexity index is 298. The van der Waals surface area contributed by atoms with Crippen molar-refractivity contribution in [3.63, 3.8) is 0 Å². The first kappa shape index (κ1) is 8.21. The molecule has 1 saturated heterocycles. The Morgan fingerprint density at radius 2 is 2.69 bits per heavy atom. The topological polar surface area (TPSA) is 78.5 Å². The van der Waals surface area contributed by atoms with Gasteiger partial charge in [0.05, 0.1) is 18.3 Å². The van der Waals surface area contributed by atoms with Crippen LogP contribution in [-0.4, -0.2) is 45.5 Å². The number of aromatic nitrogens is 2. The Morgan fingerprint density at radius 3 is 3.23 bits per heavy atom. The molecule has 1 aromatic rings. The van der Waals surface area contributed by atoms with Gasteiger partial charge in [0, 0.05) is 6.20 Å². The number of H-pyrrole nitrogens is 1. The number of hydrogen-bond donors (Lipinski definition) is 2. The Balaban J connectivity index is 2.06. The van der Waals surface area contributed by atoms with Crippen LogP contribution in [0.3, 0.4) is 0 Å². The van der Waals surface area contributed by atoms with E-state index >= 15 is 0 Å². The number of aromatic amines is 1. The van der Waals surface area contributed by atoms with E-state index in [4.69, 9.17) is 9.94 Å². The lowest BCUT2D eigenvalue weighted by molar-refractivity contribution is -0.0779. The van der Waals surface area contributed by atoms with Gasteiger partial charge in [0.1, 0.15) is 12.7 Å². The van der Waals surface area contributed by atoms with Gasteiger partial charge in [-0.1, -0.05) is 0 Å². The molecule has 2 rings (SSSR count). The van der Waals surface area contributed by atoms with Crippen LogP contribution in [0.25, 0.3) is 0 Å². The number of carbonyl (C=O) groups excluding carboxylic acids is 1. The summed E-state index contributed by atoms with van der Waals surface area (Å²) in [6.07, 6.45) is 2.31. The number of β-amino-alcohol motifs (C(OH)–C–C–N with tert-alkyl or cyclic N) is 1. The van der Waals surface area contributed by atoms with E-state index in [2.05, 4.69) is 10.2 Å². The van der Waals surface area contributed by atoms with Gasteiger partial charge in [0.25, 0.3) is 5.91 Å². The van der Waals surface area contributed by atoms with E-state index in [1.165, 1.54) is 12.4 Å². The molecule has 0 radical (unpaired) electrons. The van der Waals surface area contributed by atoms with Crippen LogP contribution in [0.5, 0.6) is 0 Å². The molecule has 1 aliphatic rings. The molecule has 0 bridgehead atoms. The highest BCUT2D eigenvalue weighted by Gasteiger charge is 2.27. The third kappa shape index (κ3) is 1.53. The van der Waals surface area contributed by atoms with Crippen molar-refractivity contribution in [3.8, 4) is 0 Å². The van der Waals surface area contributed by atoms with Crippen LogP contribution in [0.2, 0.25) is 0 Å². The molecule has 6 nitrogen and oxygen atoms in total. The van der Waals surface area contributed by atoms with Crippen LogP contribution in [0.15, 0.2) is 12.4 Å². The number of nitrogens with zero attached hydrogens (tertiary/aromatic N) is 2. The van der Waals surface area contributed by atoms with Gasteiger partial charge in [-0.15, -0.1) is 0 Å². The van der Waals surface area contributed by atoms with Crippen molar-refractivity contribution in [1.29, 1.82) is 0 Å². The van der Waals surface area contributed by atoms with Crippen molar-refractivity contribution >= 4 is 5.91 Å². The molecule has 13 heavy (non-hydrogen) atoms. The highest BCUT2D eigenvalue weighted by molar-refractivity contribution is 5.93. The smallest absolute Gasteiger partial charge is 0.280 e. The summed E-state index contributed by atoms with van der Waals surface area (Å²) in [6, 6.07) is 0. The molecule has 0 aliphatic carbocycles. The summed E-state index contributed by atoms with van der Waals surface area (Å²) in [5, 5.41) is 16.4. The fraction of sp³-hybridized carbons (Fsp3) is 0.429. The summed E-state index contributed by atoms with van der Waals surface area (Å²) in [7, 11) is 0. The van der Waals surface area contributed by atoms with E-state index in [1.54, 1.807) is 0 Å². The van der Waals surface area contributed by atoms with Crippen LogP contribution in [-0.2, 0) is 4.84 Å². The maximum absolute atomic E-state index is 11.5. The Morgan fingerprint density at radius 1 is 1.85 bits per heavy atom. The van der Waals surface area contributed by atoms with E-state index in [-0.39, 0.29) is 19.1 Å². The lowest BCUT2D eigenvalue weighted by atomic mass is 10.3. The normalized spacial score (nSPS) is 22.2. The first-order chi connectivity index (χ1) is 6.27. The van der Waals surface area contributed by atoms with Crippen LogP contribution in [0.4, 0.5) is 0 Å². The molecule has 1 amide bonds. The molecule has 2 N–H and O–H groups in total. The Kier molecular flexibility index (Phi) is 1.99. The predicted octanol–water partition coefficient (Wildman–Crippen LogP) is -0.842. The minimum atomic E-state index is -0.587. The quantitative estimate of drug-likeness (QED) is 0.595. The molecule has 0 spiro atoms. The van der Waals surface area contributed by atoms with E-state index < -0.39 is 6.10 Å². The summed E-state index contributed by atoms with van der Waals surface area (Å²) in [4.78, 5) is 16.4. The zero-order chi connectivity index (χ0) is 9.26. The van der Waals surface area contributed by atoms with Gasteiger partial charge >= 0.3 is 0 Å². The van der Waals surface area contributed by atoms with E-state index in [9.17, 15) is 4.79 Å². The molecule has 0 saturated carbocycles. The lowest BCUT2D eigenvalue weighted by Gasteiger charge is -2.11. The zero-order valence-corrected chi connectivity index (χ0v) is 6.80. The summed E-state index contributed by atoms with van der Waals surface area (Å²) < 4.78 is 0. The highest BCUT2D eigenvalue weighted by atomic mass is 16.7. The van der Waals surface area contributed by atoms with Crippen LogP contribution < -0.4 is 0 Å². The largest absolute Gasteiger partial charge is 0.389 e. The number of hydroxylamine groups is 2. The second kappa shape index (κ2) is 3.15. The van der Waals surface area contributed by atoms with E-state index in [0.717, 1.165) is 5.06 Å². The third-order valence-electron chi connectivity index (χ3n) is 1.77. The fourth-order valence-corrected chi connectivity index (χ4v) is 1.13. The fourth-order valence-electron chi connectivity index (χ4n) is 1.13. The lowest BCUT2D eigenvalue weighted by Crippen LogP contribution is -2.28.